The van der Waals surface area contributed by atoms with Gasteiger partial charge in [-0.1, -0.05) is 6.92 Å². The molecule has 0 radical (unpaired) electrons. The molecular formula is C14H22N2O. The highest BCUT2D eigenvalue weighted by Gasteiger charge is 2.39. The fraction of sp³-hybridized carbons (Fsp3) is 0.714. The first-order chi connectivity index (χ1) is 8.26. The van der Waals surface area contributed by atoms with Gasteiger partial charge in [0, 0.05) is 24.5 Å². The van der Waals surface area contributed by atoms with Crippen molar-refractivity contribution >= 4 is 0 Å². The molecule has 94 valence electrons. The maximum atomic E-state index is 6.09. The molecule has 17 heavy (non-hydrogen) atoms. The van der Waals surface area contributed by atoms with Crippen molar-refractivity contribution in [3.63, 3.8) is 0 Å². The molecular weight excluding hydrogens is 212 g/mol. The molecule has 3 heterocycles. The average Bonchev–Trinajstić information content (AvgIpc) is 2.85. The number of aryl methyl sites for hydroxylation is 1. The van der Waals surface area contributed by atoms with Crippen LogP contribution in [0.4, 0.5) is 0 Å². The quantitative estimate of drug-likeness (QED) is 0.872. The zero-order chi connectivity index (χ0) is 11.8. The van der Waals surface area contributed by atoms with Crippen molar-refractivity contribution < 1.29 is 4.42 Å². The first-order valence-corrected chi connectivity index (χ1v) is 6.85. The van der Waals surface area contributed by atoms with E-state index < -0.39 is 0 Å². The van der Waals surface area contributed by atoms with Crippen LogP contribution in [-0.4, -0.2) is 23.0 Å². The van der Waals surface area contributed by atoms with Crippen molar-refractivity contribution in [1.82, 2.24) is 4.90 Å². The number of rotatable bonds is 3. The molecule has 2 saturated heterocycles. The molecule has 3 heteroatoms. The van der Waals surface area contributed by atoms with E-state index in [1.165, 1.54) is 12.8 Å². The predicted molar refractivity (Wildman–Crippen MR) is 67.6 cm³/mol. The summed E-state index contributed by atoms with van der Waals surface area (Å²) in [5.41, 5.74) is 6.09. The van der Waals surface area contributed by atoms with Crippen LogP contribution in [0.1, 0.15) is 44.1 Å². The van der Waals surface area contributed by atoms with Crippen molar-refractivity contribution in [2.45, 2.75) is 63.7 Å². The van der Waals surface area contributed by atoms with Gasteiger partial charge in [0.05, 0.1) is 6.54 Å². The zero-order valence-corrected chi connectivity index (χ0v) is 10.6. The summed E-state index contributed by atoms with van der Waals surface area (Å²) < 4.78 is 5.81. The summed E-state index contributed by atoms with van der Waals surface area (Å²) in [5.74, 6) is 2.22. The van der Waals surface area contributed by atoms with Gasteiger partial charge in [0.15, 0.2) is 0 Å². The van der Waals surface area contributed by atoms with Crippen LogP contribution in [0.15, 0.2) is 16.5 Å². The van der Waals surface area contributed by atoms with Crippen LogP contribution in [0, 0.1) is 0 Å². The van der Waals surface area contributed by atoms with Crippen molar-refractivity contribution in [2.75, 3.05) is 0 Å². The third-order valence-electron chi connectivity index (χ3n) is 4.32. The summed E-state index contributed by atoms with van der Waals surface area (Å²) in [6, 6.07) is 6.05. The van der Waals surface area contributed by atoms with Gasteiger partial charge in [-0.3, -0.25) is 4.90 Å². The molecule has 0 saturated carbocycles. The van der Waals surface area contributed by atoms with Crippen molar-refractivity contribution in [2.24, 2.45) is 5.73 Å². The number of furan rings is 1. The molecule has 2 atom stereocenters. The normalized spacial score (nSPS) is 33.2. The Bertz CT molecular complexity index is 373. The van der Waals surface area contributed by atoms with E-state index in [9.17, 15) is 0 Å². The summed E-state index contributed by atoms with van der Waals surface area (Å²) in [7, 11) is 0. The lowest BCUT2D eigenvalue weighted by Gasteiger charge is -2.37. The summed E-state index contributed by atoms with van der Waals surface area (Å²) in [6.45, 7) is 3.11. The Kier molecular flexibility index (Phi) is 2.97. The Hall–Kier alpha value is -0.800. The summed E-state index contributed by atoms with van der Waals surface area (Å²) >= 11 is 0. The summed E-state index contributed by atoms with van der Waals surface area (Å²) in [6.07, 6.45) is 5.95. The lowest BCUT2D eigenvalue weighted by molar-refractivity contribution is 0.110. The second-order valence-corrected chi connectivity index (χ2v) is 5.51. The van der Waals surface area contributed by atoms with Crippen LogP contribution in [0.25, 0.3) is 0 Å². The van der Waals surface area contributed by atoms with Gasteiger partial charge in [-0.25, -0.2) is 0 Å². The third kappa shape index (κ3) is 2.14. The molecule has 3 nitrogen and oxygen atoms in total. The van der Waals surface area contributed by atoms with Crippen molar-refractivity contribution in [1.29, 1.82) is 0 Å². The van der Waals surface area contributed by atoms with Gasteiger partial charge in [0.25, 0.3) is 0 Å². The fourth-order valence-electron chi connectivity index (χ4n) is 3.45. The highest BCUT2D eigenvalue weighted by Crippen LogP contribution is 2.36. The minimum atomic E-state index is 0.423. The number of hydrogen-bond donors (Lipinski definition) is 1. The topological polar surface area (TPSA) is 42.4 Å². The van der Waals surface area contributed by atoms with Gasteiger partial charge >= 0.3 is 0 Å². The third-order valence-corrected chi connectivity index (χ3v) is 4.32. The molecule has 2 N–H and O–H groups in total. The van der Waals surface area contributed by atoms with Gasteiger partial charge in [-0.15, -0.1) is 0 Å². The second-order valence-electron chi connectivity index (χ2n) is 5.51. The lowest BCUT2D eigenvalue weighted by atomic mass is 9.98. The monoisotopic (exact) mass is 234 g/mol. The Morgan fingerprint density at radius 2 is 1.88 bits per heavy atom. The molecule has 0 amide bonds. The van der Waals surface area contributed by atoms with E-state index in [2.05, 4.69) is 24.0 Å². The average molecular weight is 234 g/mol. The maximum Gasteiger partial charge on any atom is 0.118 e. The Balaban J connectivity index is 1.69. The molecule has 1 aromatic rings. The standard InChI is InChI=1S/C14H22N2O/c1-2-13-5-6-14(17-13)9-16-11-3-4-12(16)8-10(15)7-11/h5-6,10-12H,2-4,7-9,15H2,1H3. The zero-order valence-electron chi connectivity index (χ0n) is 10.6. The molecule has 1 aromatic heterocycles. The Labute approximate surface area is 103 Å². The Morgan fingerprint density at radius 1 is 1.24 bits per heavy atom. The molecule has 3 rings (SSSR count). The SMILES string of the molecule is CCc1ccc(CN2C3CCC2CC(N)C3)o1. The van der Waals surface area contributed by atoms with Gasteiger partial charge in [-0.05, 0) is 37.8 Å². The van der Waals surface area contributed by atoms with E-state index in [1.807, 2.05) is 0 Å². The first kappa shape index (κ1) is 11.3. The molecule has 2 aliphatic rings. The van der Waals surface area contributed by atoms with E-state index >= 15 is 0 Å². The predicted octanol–water partition coefficient (Wildman–Crippen LogP) is 2.30. The van der Waals surface area contributed by atoms with E-state index in [4.69, 9.17) is 10.2 Å². The maximum absolute atomic E-state index is 6.09. The number of hydrogen-bond acceptors (Lipinski definition) is 3. The second kappa shape index (κ2) is 4.46. The molecule has 0 aromatic carbocycles. The van der Waals surface area contributed by atoms with E-state index in [1.54, 1.807) is 0 Å². The van der Waals surface area contributed by atoms with E-state index in [-0.39, 0.29) is 0 Å². The van der Waals surface area contributed by atoms with Crippen LogP contribution in [0.5, 0.6) is 0 Å². The Morgan fingerprint density at radius 3 is 2.47 bits per heavy atom. The number of nitrogens with zero attached hydrogens (tertiary/aromatic N) is 1. The van der Waals surface area contributed by atoms with Crippen LogP contribution in [0.2, 0.25) is 0 Å². The van der Waals surface area contributed by atoms with E-state index in [0.29, 0.717) is 18.1 Å². The molecule has 0 aliphatic carbocycles. The molecule has 2 aliphatic heterocycles. The number of piperidine rings is 1. The van der Waals surface area contributed by atoms with Crippen LogP contribution in [0.3, 0.4) is 0 Å². The van der Waals surface area contributed by atoms with Gasteiger partial charge < -0.3 is 10.2 Å². The van der Waals surface area contributed by atoms with Crippen LogP contribution >= 0.6 is 0 Å². The minimum Gasteiger partial charge on any atom is -0.465 e. The van der Waals surface area contributed by atoms with Crippen molar-refractivity contribution in [3.05, 3.63) is 23.7 Å². The minimum absolute atomic E-state index is 0.423. The summed E-state index contributed by atoms with van der Waals surface area (Å²) in [4.78, 5) is 2.61. The first-order valence-electron chi connectivity index (χ1n) is 6.85. The van der Waals surface area contributed by atoms with Gasteiger partial charge in [0.2, 0.25) is 0 Å². The highest BCUT2D eigenvalue weighted by molar-refractivity contribution is 5.08. The van der Waals surface area contributed by atoms with Crippen LogP contribution < -0.4 is 5.73 Å². The van der Waals surface area contributed by atoms with Crippen LogP contribution in [-0.2, 0) is 13.0 Å². The van der Waals surface area contributed by atoms with E-state index in [0.717, 1.165) is 37.3 Å². The number of nitrogens with two attached hydrogens (primary N) is 1. The number of fused-ring (bicyclic) bond motifs is 2. The van der Waals surface area contributed by atoms with Gasteiger partial charge in [-0.2, -0.15) is 0 Å². The largest absolute Gasteiger partial charge is 0.465 e. The fourth-order valence-corrected chi connectivity index (χ4v) is 3.45. The summed E-state index contributed by atoms with van der Waals surface area (Å²) in [5, 5.41) is 0. The highest BCUT2D eigenvalue weighted by atomic mass is 16.3. The smallest absolute Gasteiger partial charge is 0.118 e. The molecule has 2 fully saturated rings. The van der Waals surface area contributed by atoms with Crippen molar-refractivity contribution in [3.8, 4) is 0 Å². The molecule has 2 unspecified atom stereocenters. The lowest BCUT2D eigenvalue weighted by Crippen LogP contribution is -2.46. The molecule has 2 bridgehead atoms. The van der Waals surface area contributed by atoms with Gasteiger partial charge in [0.1, 0.15) is 11.5 Å². The molecule has 0 spiro atoms.